The number of halogens is 2. The van der Waals surface area contributed by atoms with E-state index in [4.69, 9.17) is 23.2 Å². The van der Waals surface area contributed by atoms with Gasteiger partial charge >= 0.3 is 0 Å². The van der Waals surface area contributed by atoms with Crippen LogP contribution in [0.25, 0.3) is 0 Å². The van der Waals surface area contributed by atoms with E-state index in [0.717, 1.165) is 0 Å². The quantitative estimate of drug-likeness (QED) is 0.323. The second-order valence-corrected chi connectivity index (χ2v) is 1.88. The Balaban J connectivity index is 4.11. The number of rotatable bonds is 1. The molecule has 0 aliphatic heterocycles. The van der Waals surface area contributed by atoms with Crippen LogP contribution < -0.4 is 0 Å². The molecule has 0 rings (SSSR count). The summed E-state index contributed by atoms with van der Waals surface area (Å²) in [5.41, 5.74) is 0. The number of hydrogen-bond donors (Lipinski definition) is 0. The molecule has 0 aliphatic carbocycles. The number of hydrogen-bond acceptors (Lipinski definition) is 1. The Hall–Kier alpha value is -0.340. The number of aliphatic imine (C=N–C) groups is 2. The van der Waals surface area contributed by atoms with Crippen LogP contribution in [0.15, 0.2) is 21.2 Å². The second kappa shape index (κ2) is 4.53. The minimum absolute atomic E-state index is 0.0538. The minimum atomic E-state index is 0.0538. The average Bonchev–Trinajstić information content (AvgIpc) is 1.87. The molecule has 2 nitrogen and oxygen atoms in total. The van der Waals surface area contributed by atoms with Crippen LogP contribution in [0.5, 0.6) is 0 Å². The zero-order valence-corrected chi connectivity index (χ0v) is 6.45. The van der Waals surface area contributed by atoms with Crippen molar-refractivity contribution in [2.24, 2.45) is 9.98 Å². The molecule has 0 radical (unpaired) electrons. The maximum Gasteiger partial charge on any atom is 0.223 e. The topological polar surface area (TPSA) is 24.7 Å². The van der Waals surface area contributed by atoms with Crippen molar-refractivity contribution < 1.29 is 0 Å². The van der Waals surface area contributed by atoms with Crippen molar-refractivity contribution in [1.29, 1.82) is 0 Å². The van der Waals surface area contributed by atoms with E-state index < -0.39 is 0 Å². The first-order valence-electron chi connectivity index (χ1n) is 2.23. The largest absolute Gasteiger partial charge is 0.234 e. The van der Waals surface area contributed by atoms with Gasteiger partial charge in [-0.1, -0.05) is 17.7 Å². The van der Waals surface area contributed by atoms with E-state index in [9.17, 15) is 0 Å². The molecule has 0 atom stereocenters. The third kappa shape index (κ3) is 4.18. The molecule has 0 saturated heterocycles. The van der Waals surface area contributed by atoms with Gasteiger partial charge in [0.15, 0.2) is 0 Å². The summed E-state index contributed by atoms with van der Waals surface area (Å²) >= 11 is 10.8. The summed E-state index contributed by atoms with van der Waals surface area (Å²) in [6.45, 7) is 4.90. The zero-order valence-electron chi connectivity index (χ0n) is 4.93. The Morgan fingerprint density at radius 2 is 2.11 bits per heavy atom. The highest BCUT2D eigenvalue weighted by Crippen LogP contribution is 2.03. The fourth-order valence-corrected chi connectivity index (χ4v) is 0.402. The van der Waals surface area contributed by atoms with Crippen molar-refractivity contribution in [3.05, 3.63) is 11.2 Å². The molecule has 4 heteroatoms. The molecule has 0 aliphatic rings. The summed E-state index contributed by atoms with van der Waals surface area (Å²) in [4.78, 5) is 6.91. The summed E-state index contributed by atoms with van der Waals surface area (Å²) in [5.74, 6) is 0. The molecule has 0 aromatic heterocycles. The third-order valence-electron chi connectivity index (χ3n) is 0.568. The number of allylic oxidation sites excluding steroid dienone is 1. The fraction of sp³-hybridized carbons (Fsp3) is 0.200. The van der Waals surface area contributed by atoms with Crippen molar-refractivity contribution >= 4 is 35.2 Å². The normalized spacial score (nSPS) is 13.7. The Morgan fingerprint density at radius 1 is 1.56 bits per heavy atom. The van der Waals surface area contributed by atoms with Crippen LogP contribution in [0.3, 0.4) is 0 Å². The summed E-state index contributed by atoms with van der Waals surface area (Å²) < 4.78 is 0. The van der Waals surface area contributed by atoms with Gasteiger partial charge in [0.1, 0.15) is 5.16 Å². The van der Waals surface area contributed by atoms with E-state index in [1.165, 1.54) is 0 Å². The van der Waals surface area contributed by atoms with Crippen LogP contribution in [0.1, 0.15) is 6.92 Å². The van der Waals surface area contributed by atoms with E-state index >= 15 is 0 Å². The SMILES string of the molecule is C=N/C(Cl)=N\C(Cl)=C/C. The first-order chi connectivity index (χ1) is 4.20. The molecular weight excluding hydrogens is 159 g/mol. The summed E-state index contributed by atoms with van der Waals surface area (Å²) in [5, 5.41) is 0.366. The molecule has 0 heterocycles. The standard InChI is InChI=1S/C5H6Cl2N2/c1-3-4(6)9-5(7)8-2/h3H,2H2,1H3/b4-3-,9-5-. The van der Waals surface area contributed by atoms with E-state index in [1.54, 1.807) is 13.0 Å². The van der Waals surface area contributed by atoms with E-state index in [-0.39, 0.29) is 5.29 Å². The van der Waals surface area contributed by atoms with Gasteiger partial charge in [0.05, 0.1) is 0 Å². The van der Waals surface area contributed by atoms with Crippen LogP contribution in [0.4, 0.5) is 0 Å². The summed E-state index contributed by atoms with van der Waals surface area (Å²) in [7, 11) is 0. The number of amidine groups is 1. The molecular formula is C5H6Cl2N2. The van der Waals surface area contributed by atoms with Crippen molar-refractivity contribution in [2.45, 2.75) is 6.92 Å². The van der Waals surface area contributed by atoms with Gasteiger partial charge in [-0.2, -0.15) is 0 Å². The summed E-state index contributed by atoms with van der Waals surface area (Å²) in [6.07, 6.45) is 1.61. The molecule has 0 aromatic carbocycles. The lowest BCUT2D eigenvalue weighted by molar-refractivity contribution is 1.46. The predicted molar refractivity (Wildman–Crippen MR) is 42.4 cm³/mol. The lowest BCUT2D eigenvalue weighted by atomic mass is 10.7. The molecule has 0 aromatic rings. The van der Waals surface area contributed by atoms with Crippen LogP contribution in [0, 0.1) is 0 Å². The van der Waals surface area contributed by atoms with Crippen LogP contribution in [-0.2, 0) is 0 Å². The molecule has 9 heavy (non-hydrogen) atoms. The highest BCUT2D eigenvalue weighted by molar-refractivity contribution is 6.65. The van der Waals surface area contributed by atoms with Crippen LogP contribution >= 0.6 is 23.2 Å². The van der Waals surface area contributed by atoms with Crippen LogP contribution in [0.2, 0.25) is 0 Å². The monoisotopic (exact) mass is 164 g/mol. The van der Waals surface area contributed by atoms with Gasteiger partial charge in [0, 0.05) is 0 Å². The Labute approximate surface area is 63.9 Å². The van der Waals surface area contributed by atoms with Gasteiger partial charge in [0.25, 0.3) is 0 Å². The lowest BCUT2D eigenvalue weighted by Gasteiger charge is -1.85. The first kappa shape index (κ1) is 8.66. The Morgan fingerprint density at radius 3 is 2.44 bits per heavy atom. The Kier molecular flexibility index (Phi) is 4.36. The van der Waals surface area contributed by atoms with Crippen LogP contribution in [-0.4, -0.2) is 12.0 Å². The average molecular weight is 165 g/mol. The van der Waals surface area contributed by atoms with Gasteiger partial charge < -0.3 is 0 Å². The molecule has 0 N–H and O–H groups in total. The van der Waals surface area contributed by atoms with Gasteiger partial charge in [-0.05, 0) is 25.2 Å². The third-order valence-corrected chi connectivity index (χ3v) is 1.07. The molecule has 0 spiro atoms. The second-order valence-electron chi connectivity index (χ2n) is 1.15. The molecule has 0 unspecified atom stereocenters. The highest BCUT2D eigenvalue weighted by Gasteiger charge is 1.86. The van der Waals surface area contributed by atoms with E-state index in [0.29, 0.717) is 5.16 Å². The molecule has 0 fully saturated rings. The van der Waals surface area contributed by atoms with E-state index in [2.05, 4.69) is 16.7 Å². The fourth-order valence-electron chi connectivity index (χ4n) is 0.188. The van der Waals surface area contributed by atoms with Crippen molar-refractivity contribution in [2.75, 3.05) is 0 Å². The highest BCUT2D eigenvalue weighted by atomic mass is 35.5. The minimum Gasteiger partial charge on any atom is -0.234 e. The van der Waals surface area contributed by atoms with Crippen molar-refractivity contribution in [3.8, 4) is 0 Å². The maximum atomic E-state index is 5.44. The zero-order chi connectivity index (χ0) is 7.28. The van der Waals surface area contributed by atoms with Gasteiger partial charge in [-0.15, -0.1) is 0 Å². The van der Waals surface area contributed by atoms with Crippen molar-refractivity contribution in [3.63, 3.8) is 0 Å². The molecule has 0 bridgehead atoms. The number of nitrogens with zero attached hydrogens (tertiary/aromatic N) is 2. The molecule has 0 amide bonds. The van der Waals surface area contributed by atoms with E-state index in [1.807, 2.05) is 0 Å². The van der Waals surface area contributed by atoms with Gasteiger partial charge in [-0.25, -0.2) is 9.98 Å². The summed E-state index contributed by atoms with van der Waals surface area (Å²) in [6, 6.07) is 0. The maximum absolute atomic E-state index is 5.44. The predicted octanol–water partition coefficient (Wildman–Crippen LogP) is 2.38. The Bertz CT molecular complexity index is 160. The first-order valence-corrected chi connectivity index (χ1v) is 2.99. The molecule has 50 valence electrons. The van der Waals surface area contributed by atoms with Crippen molar-refractivity contribution in [1.82, 2.24) is 0 Å². The molecule has 0 saturated carbocycles. The van der Waals surface area contributed by atoms with Gasteiger partial charge in [-0.3, -0.25) is 0 Å². The van der Waals surface area contributed by atoms with Gasteiger partial charge in [0.2, 0.25) is 5.29 Å². The lowest BCUT2D eigenvalue weighted by Crippen LogP contribution is -1.77. The smallest absolute Gasteiger partial charge is 0.223 e.